The van der Waals surface area contributed by atoms with Crippen LogP contribution >= 0.6 is 0 Å². The van der Waals surface area contributed by atoms with Crippen LogP contribution in [0, 0.1) is 0 Å². The molecule has 1 fully saturated rings. The Morgan fingerprint density at radius 3 is 2.12 bits per heavy atom. The Kier molecular flexibility index (Phi) is 4.80. The molecule has 0 saturated carbocycles. The van der Waals surface area contributed by atoms with Crippen molar-refractivity contribution >= 4 is 18.3 Å². The number of hydrogen-bond acceptors (Lipinski definition) is 4. The third kappa shape index (κ3) is 3.67. The van der Waals surface area contributed by atoms with Gasteiger partial charge in [-0.3, -0.25) is 0 Å². The van der Waals surface area contributed by atoms with E-state index in [2.05, 4.69) is 57.3 Å². The van der Waals surface area contributed by atoms with Crippen LogP contribution in [0.5, 0.6) is 5.75 Å². The topological polar surface area (TPSA) is 39.7 Å². The fraction of sp³-hybridized carbons (Fsp3) is 0.400. The lowest BCUT2D eigenvalue weighted by molar-refractivity contribution is 0.00578. The molecule has 1 N–H and O–H groups in total. The average molecular weight is 339 g/mol. The molecule has 2 aromatic rings. The third-order valence-corrected chi connectivity index (χ3v) is 5.11. The average Bonchev–Trinajstić information content (AvgIpc) is 2.81. The summed E-state index contributed by atoms with van der Waals surface area (Å²) in [6.07, 6.45) is 0. The van der Waals surface area contributed by atoms with Crippen molar-refractivity contribution in [3.05, 3.63) is 54.1 Å². The maximum Gasteiger partial charge on any atom is 0.496 e. The Bertz CT molecular complexity index is 712. The van der Waals surface area contributed by atoms with Gasteiger partial charge in [-0.2, -0.15) is 0 Å². The lowest BCUT2D eigenvalue weighted by Crippen LogP contribution is -2.41. The van der Waals surface area contributed by atoms with E-state index in [0.717, 1.165) is 23.4 Å². The maximum atomic E-state index is 6.19. The first-order valence-corrected chi connectivity index (χ1v) is 8.64. The predicted octanol–water partition coefficient (Wildman–Crippen LogP) is 3.61. The molecule has 1 aliphatic heterocycles. The first-order valence-electron chi connectivity index (χ1n) is 8.64. The highest BCUT2D eigenvalue weighted by atomic mass is 16.7. The highest BCUT2D eigenvalue weighted by Crippen LogP contribution is 2.37. The summed E-state index contributed by atoms with van der Waals surface area (Å²) < 4.78 is 17.6. The van der Waals surface area contributed by atoms with Gasteiger partial charge in [-0.15, -0.1) is 0 Å². The zero-order valence-electron chi connectivity index (χ0n) is 15.6. The first kappa shape index (κ1) is 17.8. The van der Waals surface area contributed by atoms with E-state index in [1.807, 2.05) is 24.3 Å². The van der Waals surface area contributed by atoms with Crippen LogP contribution in [0.2, 0.25) is 0 Å². The van der Waals surface area contributed by atoms with Gasteiger partial charge >= 0.3 is 7.12 Å². The number of nitrogens with one attached hydrogen (secondary N) is 1. The second kappa shape index (κ2) is 6.73. The molecule has 2 aromatic carbocycles. The van der Waals surface area contributed by atoms with Crippen LogP contribution in [0.25, 0.3) is 0 Å². The summed E-state index contributed by atoms with van der Waals surface area (Å²) in [4.78, 5) is 0. The van der Waals surface area contributed by atoms with Gasteiger partial charge in [0.2, 0.25) is 0 Å². The molecule has 0 spiro atoms. The lowest BCUT2D eigenvalue weighted by Gasteiger charge is -2.32. The molecule has 0 unspecified atom stereocenters. The fourth-order valence-electron chi connectivity index (χ4n) is 2.77. The van der Waals surface area contributed by atoms with Gasteiger partial charge in [-0.05, 0) is 51.5 Å². The Morgan fingerprint density at radius 2 is 1.52 bits per heavy atom. The van der Waals surface area contributed by atoms with Crippen LogP contribution in [0.15, 0.2) is 48.5 Å². The van der Waals surface area contributed by atoms with E-state index in [0.29, 0.717) is 0 Å². The molecule has 1 heterocycles. The number of rotatable bonds is 5. The number of hydrogen-bond donors (Lipinski definition) is 1. The Labute approximate surface area is 150 Å². The molecule has 3 rings (SSSR count). The maximum absolute atomic E-state index is 6.19. The first-order chi connectivity index (χ1) is 11.8. The lowest BCUT2D eigenvalue weighted by atomic mass is 9.78. The van der Waals surface area contributed by atoms with Crippen molar-refractivity contribution < 1.29 is 14.0 Å². The molecule has 132 valence electrons. The molecule has 1 aliphatic rings. The summed E-state index contributed by atoms with van der Waals surface area (Å²) in [6, 6.07) is 16.2. The molecule has 5 heteroatoms. The zero-order valence-corrected chi connectivity index (χ0v) is 15.6. The van der Waals surface area contributed by atoms with Crippen LogP contribution in [0.4, 0.5) is 5.69 Å². The minimum atomic E-state index is -0.371. The van der Waals surface area contributed by atoms with Crippen molar-refractivity contribution in [1.29, 1.82) is 0 Å². The smallest absolute Gasteiger partial charge is 0.496 e. The molecule has 0 radical (unpaired) electrons. The van der Waals surface area contributed by atoms with E-state index >= 15 is 0 Å². The van der Waals surface area contributed by atoms with Crippen LogP contribution in [0.3, 0.4) is 0 Å². The summed E-state index contributed by atoms with van der Waals surface area (Å²) in [7, 11) is 1.30. The molecule has 0 aromatic heterocycles. The van der Waals surface area contributed by atoms with Gasteiger partial charge in [0.25, 0.3) is 0 Å². The molecular formula is C20H26BNO3. The molecule has 0 aliphatic carbocycles. The van der Waals surface area contributed by atoms with Crippen LogP contribution in [0.1, 0.15) is 33.3 Å². The van der Waals surface area contributed by atoms with Crippen molar-refractivity contribution in [2.45, 2.75) is 45.4 Å². The van der Waals surface area contributed by atoms with Gasteiger partial charge in [0.15, 0.2) is 0 Å². The number of para-hydroxylation sites is 1. The SMILES string of the molecule is COc1ccc(CNc2ccccc2B2OC(C)(C)C(C)(C)O2)cc1. The predicted molar refractivity (Wildman–Crippen MR) is 102 cm³/mol. The van der Waals surface area contributed by atoms with Gasteiger partial charge in [0, 0.05) is 17.7 Å². The summed E-state index contributed by atoms with van der Waals surface area (Å²) in [5.41, 5.74) is 2.54. The monoisotopic (exact) mass is 339 g/mol. The number of anilines is 1. The van der Waals surface area contributed by atoms with Gasteiger partial charge in [0.1, 0.15) is 5.75 Å². The van der Waals surface area contributed by atoms with E-state index in [9.17, 15) is 0 Å². The molecule has 0 atom stereocenters. The highest BCUT2D eigenvalue weighted by molar-refractivity contribution is 6.63. The molecule has 25 heavy (non-hydrogen) atoms. The molecule has 0 amide bonds. The molecule has 1 saturated heterocycles. The van der Waals surface area contributed by atoms with Crippen molar-refractivity contribution in [2.24, 2.45) is 0 Å². The van der Waals surface area contributed by atoms with E-state index in [1.165, 1.54) is 5.56 Å². The van der Waals surface area contributed by atoms with Crippen molar-refractivity contribution in [1.82, 2.24) is 0 Å². The van der Waals surface area contributed by atoms with Crippen molar-refractivity contribution in [3.63, 3.8) is 0 Å². The number of ether oxygens (including phenoxy) is 1. The molecular weight excluding hydrogens is 313 g/mol. The Hall–Kier alpha value is -1.98. The van der Waals surface area contributed by atoms with Gasteiger partial charge < -0.3 is 19.4 Å². The van der Waals surface area contributed by atoms with E-state index in [4.69, 9.17) is 14.0 Å². The van der Waals surface area contributed by atoms with Crippen LogP contribution in [-0.2, 0) is 15.9 Å². The Morgan fingerprint density at radius 1 is 0.920 bits per heavy atom. The highest BCUT2D eigenvalue weighted by Gasteiger charge is 2.52. The standard InChI is InChI=1S/C20H26BNO3/c1-19(2)20(3,4)25-21(24-19)17-8-6-7-9-18(17)22-14-15-10-12-16(23-5)13-11-15/h6-13,22H,14H2,1-5H3. The minimum Gasteiger partial charge on any atom is -0.497 e. The minimum absolute atomic E-state index is 0.346. The second-order valence-corrected chi connectivity index (χ2v) is 7.38. The zero-order chi connectivity index (χ0) is 18.1. The summed E-state index contributed by atoms with van der Waals surface area (Å²) in [5, 5.41) is 3.50. The molecule has 4 nitrogen and oxygen atoms in total. The van der Waals surface area contributed by atoms with Gasteiger partial charge in [0.05, 0.1) is 18.3 Å². The molecule has 0 bridgehead atoms. The summed E-state index contributed by atoms with van der Waals surface area (Å²) in [5.74, 6) is 0.862. The normalized spacial score (nSPS) is 18.2. The number of methoxy groups -OCH3 is 1. The largest absolute Gasteiger partial charge is 0.497 e. The summed E-state index contributed by atoms with van der Waals surface area (Å²) in [6.45, 7) is 9.00. The van der Waals surface area contributed by atoms with Crippen LogP contribution in [-0.4, -0.2) is 25.4 Å². The quantitative estimate of drug-likeness (QED) is 0.845. The third-order valence-electron chi connectivity index (χ3n) is 5.11. The van der Waals surface area contributed by atoms with E-state index in [1.54, 1.807) is 7.11 Å². The van der Waals surface area contributed by atoms with Gasteiger partial charge in [-0.25, -0.2) is 0 Å². The van der Waals surface area contributed by atoms with E-state index in [-0.39, 0.29) is 18.3 Å². The summed E-state index contributed by atoms with van der Waals surface area (Å²) >= 11 is 0. The Balaban J connectivity index is 1.75. The second-order valence-electron chi connectivity index (χ2n) is 7.38. The van der Waals surface area contributed by atoms with Crippen molar-refractivity contribution in [3.8, 4) is 5.75 Å². The number of benzene rings is 2. The van der Waals surface area contributed by atoms with Crippen molar-refractivity contribution in [2.75, 3.05) is 12.4 Å². The van der Waals surface area contributed by atoms with Gasteiger partial charge in [-0.1, -0.05) is 30.3 Å². The van der Waals surface area contributed by atoms with E-state index < -0.39 is 0 Å². The fourth-order valence-corrected chi connectivity index (χ4v) is 2.77. The van der Waals surface area contributed by atoms with Crippen LogP contribution < -0.4 is 15.5 Å².